The zero-order chi connectivity index (χ0) is 7.03. The van der Waals surface area contributed by atoms with Gasteiger partial charge < -0.3 is 9.84 Å². The fourth-order valence-corrected chi connectivity index (χ4v) is 2.07. The summed E-state index contributed by atoms with van der Waals surface area (Å²) in [4.78, 5) is 0. The van der Waals surface area contributed by atoms with Crippen LogP contribution < -0.4 is 0 Å². The molecule has 1 unspecified atom stereocenters. The molecule has 0 amide bonds. The lowest BCUT2D eigenvalue weighted by molar-refractivity contribution is -0.176. The third-order valence-corrected chi connectivity index (χ3v) is 2.96. The van der Waals surface area contributed by atoms with Crippen molar-refractivity contribution in [1.82, 2.24) is 0 Å². The highest BCUT2D eigenvalue weighted by molar-refractivity contribution is 4.89. The topological polar surface area (TPSA) is 29.5 Å². The van der Waals surface area contributed by atoms with Gasteiger partial charge in [-0.15, -0.1) is 0 Å². The van der Waals surface area contributed by atoms with Gasteiger partial charge in [-0.3, -0.25) is 0 Å². The Bertz CT molecular complexity index is 129. The van der Waals surface area contributed by atoms with Crippen LogP contribution in [0.5, 0.6) is 0 Å². The molecule has 2 fully saturated rings. The maximum atomic E-state index is 9.19. The third kappa shape index (κ3) is 0.956. The minimum atomic E-state index is -0.464. The molecule has 2 rings (SSSR count). The molecule has 1 N–H and O–H groups in total. The van der Waals surface area contributed by atoms with Crippen molar-refractivity contribution in [2.24, 2.45) is 5.41 Å². The molecule has 1 aliphatic carbocycles. The number of aliphatic hydroxyl groups excluding tert-OH is 1. The first kappa shape index (κ1) is 6.62. The summed E-state index contributed by atoms with van der Waals surface area (Å²) in [6.07, 6.45) is 5.57. The molecule has 1 saturated carbocycles. The van der Waals surface area contributed by atoms with Crippen molar-refractivity contribution in [2.45, 2.75) is 38.4 Å². The van der Waals surface area contributed by atoms with Gasteiger partial charge in [0.15, 0.2) is 6.29 Å². The standard InChI is InChI=1S/C8H14O2/c9-7-6-8(2-1-3-8)4-5-10-7/h7,9H,1-6H2. The Kier molecular flexibility index (Phi) is 1.46. The first-order chi connectivity index (χ1) is 4.81. The maximum Gasteiger partial charge on any atom is 0.155 e. The summed E-state index contributed by atoms with van der Waals surface area (Å²) >= 11 is 0. The molecule has 0 aromatic rings. The van der Waals surface area contributed by atoms with Crippen molar-refractivity contribution in [2.75, 3.05) is 6.61 Å². The second-order valence-electron chi connectivity index (χ2n) is 3.63. The summed E-state index contributed by atoms with van der Waals surface area (Å²) in [5, 5.41) is 9.19. The Hall–Kier alpha value is -0.0800. The van der Waals surface area contributed by atoms with Crippen LogP contribution in [0.15, 0.2) is 0 Å². The van der Waals surface area contributed by atoms with E-state index in [1.54, 1.807) is 0 Å². The molecule has 1 heterocycles. The Morgan fingerprint density at radius 3 is 2.50 bits per heavy atom. The van der Waals surface area contributed by atoms with Crippen molar-refractivity contribution in [1.29, 1.82) is 0 Å². The van der Waals surface area contributed by atoms with Gasteiger partial charge in [-0.25, -0.2) is 0 Å². The minimum Gasteiger partial charge on any atom is -0.368 e. The van der Waals surface area contributed by atoms with Crippen LogP contribution in [0.1, 0.15) is 32.1 Å². The smallest absolute Gasteiger partial charge is 0.155 e. The molecule has 10 heavy (non-hydrogen) atoms. The van der Waals surface area contributed by atoms with E-state index in [-0.39, 0.29) is 0 Å². The summed E-state index contributed by atoms with van der Waals surface area (Å²) in [6.45, 7) is 0.765. The summed E-state index contributed by atoms with van der Waals surface area (Å²) in [5.41, 5.74) is 0.498. The average Bonchev–Trinajstić information content (AvgIpc) is 1.85. The molecule has 2 aliphatic rings. The van der Waals surface area contributed by atoms with Gasteiger partial charge >= 0.3 is 0 Å². The highest BCUT2D eigenvalue weighted by Crippen LogP contribution is 2.49. The largest absolute Gasteiger partial charge is 0.368 e. The van der Waals surface area contributed by atoms with Crippen molar-refractivity contribution in [3.8, 4) is 0 Å². The maximum absolute atomic E-state index is 9.19. The summed E-state index contributed by atoms with van der Waals surface area (Å²) in [6, 6.07) is 0. The van der Waals surface area contributed by atoms with Crippen LogP contribution in [0.4, 0.5) is 0 Å². The first-order valence-corrected chi connectivity index (χ1v) is 4.11. The van der Waals surface area contributed by atoms with E-state index in [0.717, 1.165) is 13.0 Å². The Labute approximate surface area is 61.2 Å². The van der Waals surface area contributed by atoms with E-state index in [9.17, 15) is 5.11 Å². The van der Waals surface area contributed by atoms with Gasteiger partial charge in [-0.05, 0) is 24.7 Å². The zero-order valence-corrected chi connectivity index (χ0v) is 6.18. The van der Waals surface area contributed by atoms with Crippen molar-refractivity contribution in [3.05, 3.63) is 0 Å². The Balaban J connectivity index is 1.96. The molecule has 2 heteroatoms. The second-order valence-corrected chi connectivity index (χ2v) is 3.63. The number of aliphatic hydroxyl groups is 1. The molecule has 1 aliphatic heterocycles. The lowest BCUT2D eigenvalue weighted by Gasteiger charge is -2.46. The number of rotatable bonds is 0. The molecule has 1 saturated heterocycles. The van der Waals surface area contributed by atoms with E-state index >= 15 is 0 Å². The van der Waals surface area contributed by atoms with Gasteiger partial charge in [0, 0.05) is 6.42 Å². The SMILES string of the molecule is OC1CC2(CCC2)CCO1. The fraction of sp³-hybridized carbons (Fsp3) is 1.00. The van der Waals surface area contributed by atoms with Crippen LogP contribution in [0.3, 0.4) is 0 Å². The van der Waals surface area contributed by atoms with E-state index in [1.807, 2.05) is 0 Å². The first-order valence-electron chi connectivity index (χ1n) is 4.11. The van der Waals surface area contributed by atoms with Gasteiger partial charge in [-0.2, -0.15) is 0 Å². The molecule has 0 bridgehead atoms. The van der Waals surface area contributed by atoms with E-state index in [1.165, 1.54) is 25.7 Å². The summed E-state index contributed by atoms with van der Waals surface area (Å²) in [5.74, 6) is 0. The second kappa shape index (κ2) is 2.21. The molecular weight excluding hydrogens is 128 g/mol. The zero-order valence-electron chi connectivity index (χ0n) is 6.18. The number of hydrogen-bond acceptors (Lipinski definition) is 2. The van der Waals surface area contributed by atoms with E-state index in [0.29, 0.717) is 5.41 Å². The lowest BCUT2D eigenvalue weighted by Crippen LogP contribution is -2.39. The van der Waals surface area contributed by atoms with E-state index in [4.69, 9.17) is 4.74 Å². The molecule has 0 radical (unpaired) electrons. The molecule has 58 valence electrons. The number of ether oxygens (including phenoxy) is 1. The van der Waals surface area contributed by atoms with Gasteiger partial charge in [0.05, 0.1) is 6.61 Å². The molecule has 2 nitrogen and oxygen atoms in total. The van der Waals surface area contributed by atoms with Gasteiger partial charge in [-0.1, -0.05) is 6.42 Å². The average molecular weight is 142 g/mol. The Morgan fingerprint density at radius 2 is 2.10 bits per heavy atom. The fourth-order valence-electron chi connectivity index (χ4n) is 2.07. The summed E-state index contributed by atoms with van der Waals surface area (Å²) < 4.78 is 5.06. The van der Waals surface area contributed by atoms with Crippen LogP contribution in [0.25, 0.3) is 0 Å². The minimum absolute atomic E-state index is 0.464. The van der Waals surface area contributed by atoms with Crippen molar-refractivity contribution < 1.29 is 9.84 Å². The third-order valence-electron chi connectivity index (χ3n) is 2.96. The summed E-state index contributed by atoms with van der Waals surface area (Å²) in [7, 11) is 0. The van der Waals surface area contributed by atoms with Gasteiger partial charge in [0.2, 0.25) is 0 Å². The molecule has 1 atom stereocenters. The van der Waals surface area contributed by atoms with E-state index < -0.39 is 6.29 Å². The Morgan fingerprint density at radius 1 is 1.30 bits per heavy atom. The number of hydrogen-bond donors (Lipinski definition) is 1. The van der Waals surface area contributed by atoms with Crippen LogP contribution >= 0.6 is 0 Å². The van der Waals surface area contributed by atoms with E-state index in [2.05, 4.69) is 0 Å². The highest BCUT2D eigenvalue weighted by atomic mass is 16.6. The molecule has 0 aromatic carbocycles. The molecular formula is C8H14O2. The quantitative estimate of drug-likeness (QED) is 0.552. The van der Waals surface area contributed by atoms with Crippen LogP contribution in [0.2, 0.25) is 0 Å². The predicted molar refractivity (Wildman–Crippen MR) is 37.5 cm³/mol. The normalized spacial score (nSPS) is 37.5. The highest BCUT2D eigenvalue weighted by Gasteiger charge is 2.40. The monoisotopic (exact) mass is 142 g/mol. The van der Waals surface area contributed by atoms with Crippen molar-refractivity contribution in [3.63, 3.8) is 0 Å². The predicted octanol–water partition coefficient (Wildman–Crippen LogP) is 1.29. The van der Waals surface area contributed by atoms with Crippen LogP contribution in [0, 0.1) is 5.41 Å². The van der Waals surface area contributed by atoms with Crippen LogP contribution in [-0.4, -0.2) is 18.0 Å². The van der Waals surface area contributed by atoms with Gasteiger partial charge in [0.25, 0.3) is 0 Å². The van der Waals surface area contributed by atoms with Crippen LogP contribution in [-0.2, 0) is 4.74 Å². The molecule has 1 spiro atoms. The lowest BCUT2D eigenvalue weighted by atomic mass is 9.64. The van der Waals surface area contributed by atoms with Gasteiger partial charge in [0.1, 0.15) is 0 Å². The molecule has 0 aromatic heterocycles. The van der Waals surface area contributed by atoms with Crippen molar-refractivity contribution >= 4 is 0 Å².